The van der Waals surface area contributed by atoms with Crippen molar-refractivity contribution in [2.24, 2.45) is 16.8 Å². The van der Waals surface area contributed by atoms with Crippen molar-refractivity contribution in [1.82, 2.24) is 15.2 Å². The fourth-order valence-electron chi connectivity index (χ4n) is 3.87. The monoisotopic (exact) mass is 448 g/mol. The van der Waals surface area contributed by atoms with Crippen LogP contribution in [0.15, 0.2) is 10.4 Å². The molecule has 1 aromatic rings. The van der Waals surface area contributed by atoms with Gasteiger partial charge in [-0.1, -0.05) is 12.8 Å². The number of thiazole rings is 1. The van der Waals surface area contributed by atoms with Gasteiger partial charge in [-0.05, 0) is 38.0 Å². The van der Waals surface area contributed by atoms with Gasteiger partial charge in [0.15, 0.2) is 5.96 Å². The average Bonchev–Trinajstić information content (AvgIpc) is 3.13. The van der Waals surface area contributed by atoms with E-state index in [1.165, 1.54) is 43.8 Å². The zero-order valence-electron chi connectivity index (χ0n) is 14.3. The van der Waals surface area contributed by atoms with E-state index in [1.807, 2.05) is 7.05 Å². The number of aryl methyl sites for hydroxylation is 2. The molecule has 1 aliphatic carbocycles. The number of hydrogen-bond donors (Lipinski definition) is 1. The van der Waals surface area contributed by atoms with E-state index in [9.17, 15) is 0 Å². The van der Waals surface area contributed by atoms with E-state index in [4.69, 9.17) is 0 Å². The van der Waals surface area contributed by atoms with Crippen LogP contribution in [0.1, 0.15) is 42.8 Å². The molecule has 2 atom stereocenters. The number of nitrogens with zero attached hydrogens (tertiary/aromatic N) is 3. The van der Waals surface area contributed by atoms with Gasteiger partial charge in [0.1, 0.15) is 0 Å². The van der Waals surface area contributed by atoms with E-state index in [-0.39, 0.29) is 24.0 Å². The summed E-state index contributed by atoms with van der Waals surface area (Å²) in [5, 5.41) is 6.93. The first-order valence-electron chi connectivity index (χ1n) is 8.63. The van der Waals surface area contributed by atoms with Crippen molar-refractivity contribution < 1.29 is 0 Å². The topological polar surface area (TPSA) is 40.5 Å². The second kappa shape index (κ2) is 9.20. The molecule has 0 aromatic carbocycles. The molecule has 1 saturated heterocycles. The summed E-state index contributed by atoms with van der Waals surface area (Å²) in [7, 11) is 1.91. The molecule has 2 aliphatic rings. The Morgan fingerprint density at radius 2 is 2.04 bits per heavy atom. The van der Waals surface area contributed by atoms with Gasteiger partial charge in [0.25, 0.3) is 0 Å². The van der Waals surface area contributed by atoms with Crippen molar-refractivity contribution in [2.75, 3.05) is 26.7 Å². The van der Waals surface area contributed by atoms with Gasteiger partial charge in [0.2, 0.25) is 0 Å². The first-order chi connectivity index (χ1) is 10.8. The lowest BCUT2D eigenvalue weighted by molar-refractivity contribution is 0.299. The van der Waals surface area contributed by atoms with Crippen LogP contribution in [0.2, 0.25) is 0 Å². The van der Waals surface area contributed by atoms with E-state index in [0.717, 1.165) is 42.9 Å². The number of guanidine groups is 1. The summed E-state index contributed by atoms with van der Waals surface area (Å²) >= 11 is 1.77. The number of fused-ring (bicyclic) bond motifs is 1. The Labute approximate surface area is 161 Å². The van der Waals surface area contributed by atoms with E-state index in [0.29, 0.717) is 0 Å². The van der Waals surface area contributed by atoms with Gasteiger partial charge >= 0.3 is 0 Å². The SMILES string of the molecule is CN=C(NCCCc1nc(C)cs1)N1CC2CCCCC2C1.I. The number of aliphatic imine (C=N–C) groups is 1. The van der Waals surface area contributed by atoms with Gasteiger partial charge in [-0.15, -0.1) is 35.3 Å². The quantitative estimate of drug-likeness (QED) is 0.331. The van der Waals surface area contributed by atoms with Gasteiger partial charge in [-0.2, -0.15) is 0 Å². The number of likely N-dealkylation sites (tertiary alicyclic amines) is 1. The summed E-state index contributed by atoms with van der Waals surface area (Å²) in [6, 6.07) is 0. The van der Waals surface area contributed by atoms with Crippen molar-refractivity contribution in [3.05, 3.63) is 16.1 Å². The normalized spacial score (nSPS) is 24.3. The molecule has 3 rings (SSSR count). The third-order valence-electron chi connectivity index (χ3n) is 5.00. The number of halogens is 1. The highest BCUT2D eigenvalue weighted by atomic mass is 127. The van der Waals surface area contributed by atoms with Crippen LogP contribution in [-0.2, 0) is 6.42 Å². The Hall–Kier alpha value is -0.370. The van der Waals surface area contributed by atoms with Crippen LogP contribution in [0.25, 0.3) is 0 Å². The smallest absolute Gasteiger partial charge is 0.193 e. The van der Waals surface area contributed by atoms with Crippen molar-refractivity contribution in [3.8, 4) is 0 Å². The molecule has 2 unspecified atom stereocenters. The van der Waals surface area contributed by atoms with Crippen LogP contribution in [0, 0.1) is 18.8 Å². The van der Waals surface area contributed by atoms with Crippen molar-refractivity contribution in [3.63, 3.8) is 0 Å². The minimum atomic E-state index is 0. The Kier molecular flexibility index (Phi) is 7.59. The van der Waals surface area contributed by atoms with Crippen LogP contribution in [-0.4, -0.2) is 42.5 Å². The first-order valence-corrected chi connectivity index (χ1v) is 9.51. The van der Waals surface area contributed by atoms with Crippen molar-refractivity contribution >= 4 is 41.3 Å². The zero-order chi connectivity index (χ0) is 15.4. The van der Waals surface area contributed by atoms with Gasteiger partial charge in [-0.3, -0.25) is 4.99 Å². The highest BCUT2D eigenvalue weighted by Crippen LogP contribution is 2.35. The van der Waals surface area contributed by atoms with Crippen molar-refractivity contribution in [1.29, 1.82) is 0 Å². The predicted octanol–water partition coefficient (Wildman–Crippen LogP) is 3.70. The molecular weight excluding hydrogens is 419 g/mol. The Bertz CT molecular complexity index is 502. The standard InChI is InChI=1S/C17H28N4S.HI/c1-13-12-22-16(20-13)8-5-9-19-17(18-2)21-10-14-6-3-4-7-15(14)11-21;/h12,14-15H,3-11H2,1-2H3,(H,18,19);1H. The number of hydrogen-bond acceptors (Lipinski definition) is 3. The van der Waals surface area contributed by atoms with E-state index in [1.54, 1.807) is 11.3 Å². The maximum Gasteiger partial charge on any atom is 0.193 e. The molecule has 0 bridgehead atoms. The largest absolute Gasteiger partial charge is 0.356 e. The lowest BCUT2D eigenvalue weighted by Gasteiger charge is -2.22. The molecule has 2 heterocycles. The molecule has 0 spiro atoms. The molecule has 1 aliphatic heterocycles. The molecule has 6 heteroatoms. The van der Waals surface area contributed by atoms with Crippen LogP contribution in [0.4, 0.5) is 0 Å². The molecule has 0 radical (unpaired) electrons. The van der Waals surface area contributed by atoms with Crippen LogP contribution < -0.4 is 5.32 Å². The van der Waals surface area contributed by atoms with E-state index < -0.39 is 0 Å². The van der Waals surface area contributed by atoms with Crippen LogP contribution >= 0.6 is 35.3 Å². The summed E-state index contributed by atoms with van der Waals surface area (Å²) < 4.78 is 0. The fourth-order valence-corrected chi connectivity index (χ4v) is 4.69. The molecule has 1 aromatic heterocycles. The highest BCUT2D eigenvalue weighted by molar-refractivity contribution is 14.0. The molecule has 23 heavy (non-hydrogen) atoms. The summed E-state index contributed by atoms with van der Waals surface area (Å²) in [6.45, 7) is 5.45. The zero-order valence-corrected chi connectivity index (χ0v) is 17.4. The Balaban J connectivity index is 0.00000192. The minimum Gasteiger partial charge on any atom is -0.356 e. The second-order valence-corrected chi connectivity index (χ2v) is 7.61. The fraction of sp³-hybridized carbons (Fsp3) is 0.765. The number of nitrogens with one attached hydrogen (secondary N) is 1. The number of rotatable bonds is 4. The van der Waals surface area contributed by atoms with Gasteiger partial charge in [-0.25, -0.2) is 4.98 Å². The third kappa shape index (κ3) is 5.05. The maximum atomic E-state index is 4.52. The lowest BCUT2D eigenvalue weighted by Crippen LogP contribution is -2.40. The summed E-state index contributed by atoms with van der Waals surface area (Å²) in [4.78, 5) is 11.5. The highest BCUT2D eigenvalue weighted by Gasteiger charge is 2.35. The molecule has 1 N–H and O–H groups in total. The third-order valence-corrected chi connectivity index (χ3v) is 6.03. The van der Waals surface area contributed by atoms with Crippen LogP contribution in [0.3, 0.4) is 0 Å². The Morgan fingerprint density at radius 1 is 1.35 bits per heavy atom. The molecular formula is C17H29IN4S. The van der Waals surface area contributed by atoms with E-state index >= 15 is 0 Å². The molecule has 130 valence electrons. The van der Waals surface area contributed by atoms with E-state index in [2.05, 4.69) is 32.5 Å². The molecule has 4 nitrogen and oxygen atoms in total. The summed E-state index contributed by atoms with van der Waals surface area (Å²) in [6.07, 6.45) is 7.87. The van der Waals surface area contributed by atoms with Crippen molar-refractivity contribution in [2.45, 2.75) is 45.4 Å². The van der Waals surface area contributed by atoms with Gasteiger partial charge in [0.05, 0.1) is 5.01 Å². The summed E-state index contributed by atoms with van der Waals surface area (Å²) in [5.41, 5.74) is 1.14. The van der Waals surface area contributed by atoms with Crippen LogP contribution in [0.5, 0.6) is 0 Å². The lowest BCUT2D eigenvalue weighted by atomic mass is 9.82. The first kappa shape index (κ1) is 19.0. The predicted molar refractivity (Wildman–Crippen MR) is 109 cm³/mol. The van der Waals surface area contributed by atoms with Gasteiger partial charge < -0.3 is 10.2 Å². The minimum absolute atomic E-state index is 0. The molecule has 0 amide bonds. The average molecular weight is 448 g/mol. The molecule has 1 saturated carbocycles. The maximum absolute atomic E-state index is 4.52. The van der Waals surface area contributed by atoms with Gasteiger partial charge in [0, 0.05) is 44.2 Å². The second-order valence-electron chi connectivity index (χ2n) is 6.67. The molecule has 2 fully saturated rings. The number of aromatic nitrogens is 1. The Morgan fingerprint density at radius 3 is 2.61 bits per heavy atom. The summed E-state index contributed by atoms with van der Waals surface area (Å²) in [5.74, 6) is 2.92.